The van der Waals surface area contributed by atoms with Gasteiger partial charge in [0.15, 0.2) is 0 Å². The minimum absolute atomic E-state index is 0.0436. The van der Waals surface area contributed by atoms with E-state index in [1.54, 1.807) is 24.3 Å². The van der Waals surface area contributed by atoms with Crippen molar-refractivity contribution in [2.24, 2.45) is 11.7 Å². The summed E-state index contributed by atoms with van der Waals surface area (Å²) in [7, 11) is 0. The molecule has 0 bridgehead atoms. The van der Waals surface area contributed by atoms with Crippen LogP contribution in [0.3, 0.4) is 0 Å². The van der Waals surface area contributed by atoms with Gasteiger partial charge in [0.25, 0.3) is 5.91 Å². The fourth-order valence-corrected chi connectivity index (χ4v) is 3.21. The van der Waals surface area contributed by atoms with Gasteiger partial charge in [-0.25, -0.2) is 0 Å². The van der Waals surface area contributed by atoms with E-state index >= 15 is 0 Å². The number of carbonyl (C=O) groups excluding carboxylic acids is 2. The van der Waals surface area contributed by atoms with Gasteiger partial charge < -0.3 is 16.4 Å². The summed E-state index contributed by atoms with van der Waals surface area (Å²) in [6.45, 7) is 3.99. The molecule has 6 heteroatoms. The maximum atomic E-state index is 12.7. The number of hydrogen-bond donors (Lipinski definition) is 3. The van der Waals surface area contributed by atoms with Gasteiger partial charge in [0.2, 0.25) is 5.91 Å². The summed E-state index contributed by atoms with van der Waals surface area (Å²) < 4.78 is 0. The second kappa shape index (κ2) is 9.20. The minimum atomic E-state index is -0.552. The number of hydrogen-bond acceptors (Lipinski definition) is 3. The monoisotopic (exact) mass is 365 g/mol. The molecule has 0 aliphatic heterocycles. The molecule has 4 N–H and O–H groups in total. The minimum Gasteiger partial charge on any atom is -0.352 e. The molecule has 0 heterocycles. The number of nitrogens with one attached hydrogen (secondary N) is 2. The lowest BCUT2D eigenvalue weighted by Gasteiger charge is -2.30. The Kier molecular flexibility index (Phi) is 7.26. The zero-order chi connectivity index (χ0) is 18.4. The topological polar surface area (TPSA) is 84.2 Å². The van der Waals surface area contributed by atoms with Crippen LogP contribution in [0.25, 0.3) is 0 Å². The van der Waals surface area contributed by atoms with Crippen molar-refractivity contribution < 1.29 is 9.59 Å². The largest absolute Gasteiger partial charge is 0.352 e. The SMILES string of the molecule is CCC(C)C(NC(=O)c1ccc(Cl)cc1)C(=O)NC1CCC(N)CC1. The summed E-state index contributed by atoms with van der Waals surface area (Å²) in [5.74, 6) is -0.331. The first kappa shape index (κ1) is 19.7. The van der Waals surface area contributed by atoms with Gasteiger partial charge in [0.05, 0.1) is 0 Å². The molecule has 1 fully saturated rings. The highest BCUT2D eigenvalue weighted by atomic mass is 35.5. The van der Waals surface area contributed by atoms with Crippen molar-refractivity contribution in [2.45, 2.75) is 64.1 Å². The summed E-state index contributed by atoms with van der Waals surface area (Å²) in [4.78, 5) is 25.2. The fourth-order valence-electron chi connectivity index (χ4n) is 3.08. The van der Waals surface area contributed by atoms with E-state index in [0.717, 1.165) is 32.1 Å². The van der Waals surface area contributed by atoms with Crippen LogP contribution in [-0.4, -0.2) is 29.9 Å². The van der Waals surface area contributed by atoms with Crippen LogP contribution in [0.15, 0.2) is 24.3 Å². The van der Waals surface area contributed by atoms with E-state index in [1.807, 2.05) is 13.8 Å². The molecule has 2 unspecified atom stereocenters. The van der Waals surface area contributed by atoms with Gasteiger partial charge in [-0.05, 0) is 55.9 Å². The molecule has 2 rings (SSSR count). The third-order valence-electron chi connectivity index (χ3n) is 5.01. The Bertz CT molecular complexity index is 583. The number of rotatable bonds is 6. The van der Waals surface area contributed by atoms with E-state index in [0.29, 0.717) is 10.6 Å². The van der Waals surface area contributed by atoms with Crippen molar-refractivity contribution >= 4 is 23.4 Å². The molecule has 5 nitrogen and oxygen atoms in total. The first-order valence-electron chi connectivity index (χ1n) is 9.03. The molecule has 0 radical (unpaired) electrons. The molecule has 1 aromatic carbocycles. The smallest absolute Gasteiger partial charge is 0.251 e. The van der Waals surface area contributed by atoms with Crippen molar-refractivity contribution in [3.63, 3.8) is 0 Å². The quantitative estimate of drug-likeness (QED) is 0.724. The van der Waals surface area contributed by atoms with Gasteiger partial charge >= 0.3 is 0 Å². The van der Waals surface area contributed by atoms with Crippen molar-refractivity contribution in [3.8, 4) is 0 Å². The molecule has 25 heavy (non-hydrogen) atoms. The molecule has 0 saturated heterocycles. The van der Waals surface area contributed by atoms with Crippen LogP contribution >= 0.6 is 11.6 Å². The number of halogens is 1. The van der Waals surface area contributed by atoms with Crippen LogP contribution in [-0.2, 0) is 4.79 Å². The maximum absolute atomic E-state index is 12.7. The highest BCUT2D eigenvalue weighted by Crippen LogP contribution is 2.18. The Hall–Kier alpha value is -1.59. The average Bonchev–Trinajstić information content (AvgIpc) is 2.61. The van der Waals surface area contributed by atoms with Gasteiger partial charge in [0.1, 0.15) is 6.04 Å². The van der Waals surface area contributed by atoms with Crippen LogP contribution in [0, 0.1) is 5.92 Å². The molecule has 1 aromatic rings. The molecular formula is C19H28ClN3O2. The number of carbonyl (C=O) groups is 2. The van der Waals surface area contributed by atoms with Crippen molar-refractivity contribution in [1.29, 1.82) is 0 Å². The van der Waals surface area contributed by atoms with E-state index in [2.05, 4.69) is 10.6 Å². The Balaban J connectivity index is 2.01. The van der Waals surface area contributed by atoms with Gasteiger partial charge in [-0.1, -0.05) is 31.9 Å². The lowest BCUT2D eigenvalue weighted by molar-refractivity contribution is -0.125. The third-order valence-corrected chi connectivity index (χ3v) is 5.26. The standard InChI is InChI=1S/C19H28ClN3O2/c1-3-12(2)17(19(25)22-16-10-8-15(21)9-11-16)23-18(24)13-4-6-14(20)7-5-13/h4-7,12,15-17H,3,8-11,21H2,1-2H3,(H,22,25)(H,23,24). The average molecular weight is 366 g/mol. The van der Waals surface area contributed by atoms with Crippen molar-refractivity contribution in [3.05, 3.63) is 34.9 Å². The van der Waals surface area contributed by atoms with Crippen LogP contribution in [0.1, 0.15) is 56.3 Å². The zero-order valence-electron chi connectivity index (χ0n) is 14.9. The predicted molar refractivity (Wildman–Crippen MR) is 101 cm³/mol. The third kappa shape index (κ3) is 5.72. The Morgan fingerprint density at radius 3 is 2.36 bits per heavy atom. The summed E-state index contributed by atoms with van der Waals surface area (Å²) in [6.07, 6.45) is 4.44. The second-order valence-electron chi connectivity index (χ2n) is 6.96. The highest BCUT2D eigenvalue weighted by Gasteiger charge is 2.29. The fraction of sp³-hybridized carbons (Fsp3) is 0.579. The van der Waals surface area contributed by atoms with E-state index in [9.17, 15) is 9.59 Å². The molecule has 1 aliphatic rings. The molecule has 0 aromatic heterocycles. The van der Waals surface area contributed by atoms with Crippen LogP contribution in [0.2, 0.25) is 5.02 Å². The Morgan fingerprint density at radius 1 is 1.20 bits per heavy atom. The van der Waals surface area contributed by atoms with E-state index < -0.39 is 6.04 Å². The highest BCUT2D eigenvalue weighted by molar-refractivity contribution is 6.30. The number of nitrogens with two attached hydrogens (primary N) is 1. The van der Waals surface area contributed by atoms with E-state index in [4.69, 9.17) is 17.3 Å². The lowest BCUT2D eigenvalue weighted by atomic mass is 9.91. The van der Waals surface area contributed by atoms with E-state index in [1.165, 1.54) is 0 Å². The van der Waals surface area contributed by atoms with Gasteiger partial charge in [-0.2, -0.15) is 0 Å². The normalized spacial score (nSPS) is 22.7. The van der Waals surface area contributed by atoms with Crippen molar-refractivity contribution in [2.75, 3.05) is 0 Å². The lowest BCUT2D eigenvalue weighted by Crippen LogP contribution is -2.53. The molecule has 2 amide bonds. The molecular weight excluding hydrogens is 338 g/mol. The Morgan fingerprint density at radius 2 is 1.80 bits per heavy atom. The summed E-state index contributed by atoms with van der Waals surface area (Å²) >= 11 is 5.86. The zero-order valence-corrected chi connectivity index (χ0v) is 15.7. The summed E-state index contributed by atoms with van der Waals surface area (Å²) in [5.41, 5.74) is 6.41. The molecule has 138 valence electrons. The molecule has 0 spiro atoms. The van der Waals surface area contributed by atoms with E-state index in [-0.39, 0.29) is 29.8 Å². The van der Waals surface area contributed by atoms with Crippen LogP contribution in [0.5, 0.6) is 0 Å². The van der Waals surface area contributed by atoms with Gasteiger partial charge in [0, 0.05) is 22.7 Å². The van der Waals surface area contributed by atoms with Gasteiger partial charge in [-0.3, -0.25) is 9.59 Å². The first-order chi connectivity index (χ1) is 11.9. The van der Waals surface area contributed by atoms with Crippen LogP contribution in [0.4, 0.5) is 0 Å². The first-order valence-corrected chi connectivity index (χ1v) is 9.40. The van der Waals surface area contributed by atoms with Gasteiger partial charge in [-0.15, -0.1) is 0 Å². The molecule has 1 aliphatic carbocycles. The second-order valence-corrected chi connectivity index (χ2v) is 7.40. The van der Waals surface area contributed by atoms with Crippen molar-refractivity contribution in [1.82, 2.24) is 10.6 Å². The molecule has 2 atom stereocenters. The molecule has 1 saturated carbocycles. The maximum Gasteiger partial charge on any atom is 0.251 e. The predicted octanol–water partition coefficient (Wildman–Crippen LogP) is 2.87. The number of amides is 2. The number of benzene rings is 1. The Labute approximate surface area is 154 Å². The summed E-state index contributed by atoms with van der Waals surface area (Å²) in [6, 6.07) is 6.48. The van der Waals surface area contributed by atoms with Crippen LogP contribution < -0.4 is 16.4 Å². The summed E-state index contributed by atoms with van der Waals surface area (Å²) in [5, 5.41) is 6.55.